The zero-order valence-corrected chi connectivity index (χ0v) is 17.8. The lowest BCUT2D eigenvalue weighted by atomic mass is 10.1. The van der Waals surface area contributed by atoms with E-state index in [1.54, 1.807) is 12.1 Å². The van der Waals surface area contributed by atoms with Crippen LogP contribution < -0.4 is 5.32 Å². The molecule has 1 aliphatic carbocycles. The van der Waals surface area contributed by atoms with Crippen LogP contribution in [0.25, 0.3) is 0 Å². The number of aryl methyl sites for hydroxylation is 1. The Hall–Kier alpha value is -2.12. The Balaban J connectivity index is 1.34. The number of nitrogens with zero attached hydrogens (tertiary/aromatic N) is 2. The maximum absolute atomic E-state index is 12.8. The minimum absolute atomic E-state index is 0.139. The summed E-state index contributed by atoms with van der Waals surface area (Å²) in [6, 6.07) is 5.53. The molecule has 1 saturated carbocycles. The molecule has 3 fully saturated rings. The minimum atomic E-state index is -0.162. The van der Waals surface area contributed by atoms with Crippen LogP contribution in [0.4, 0.5) is 0 Å². The number of hydrogen-bond acceptors (Lipinski definition) is 5. The zero-order valence-electron chi connectivity index (χ0n) is 17.8. The van der Waals surface area contributed by atoms with Crippen molar-refractivity contribution in [2.45, 2.75) is 51.1 Å². The second-order valence-corrected chi connectivity index (χ2v) is 8.93. The van der Waals surface area contributed by atoms with E-state index in [1.807, 2.05) is 11.8 Å². The summed E-state index contributed by atoms with van der Waals surface area (Å²) in [6.07, 6.45) is 5.08. The number of phenolic OH excluding ortho intramolecular Hbond substituents is 1. The van der Waals surface area contributed by atoms with Gasteiger partial charge in [0, 0.05) is 50.2 Å². The fraction of sp³-hybridized carbons (Fsp3) is 0.652. The van der Waals surface area contributed by atoms with Crippen LogP contribution in [-0.2, 0) is 9.53 Å². The molecule has 0 bridgehead atoms. The van der Waals surface area contributed by atoms with Crippen molar-refractivity contribution >= 4 is 11.8 Å². The summed E-state index contributed by atoms with van der Waals surface area (Å²) in [7, 11) is 0. The number of ether oxygens (including phenoxy) is 1. The summed E-state index contributed by atoms with van der Waals surface area (Å²) in [5, 5.41) is 12.9. The van der Waals surface area contributed by atoms with Crippen molar-refractivity contribution in [2.75, 3.05) is 39.4 Å². The Morgan fingerprint density at radius 3 is 2.57 bits per heavy atom. The monoisotopic (exact) mass is 415 g/mol. The molecule has 164 valence electrons. The fourth-order valence-electron chi connectivity index (χ4n) is 4.56. The average Bonchev–Trinajstić information content (AvgIpc) is 3.50. The fourth-order valence-corrected chi connectivity index (χ4v) is 4.56. The maximum atomic E-state index is 12.8. The van der Waals surface area contributed by atoms with E-state index < -0.39 is 0 Å². The Bertz CT molecular complexity index is 774. The first-order valence-corrected chi connectivity index (χ1v) is 11.2. The third kappa shape index (κ3) is 5.13. The highest BCUT2D eigenvalue weighted by atomic mass is 16.5. The molecule has 2 aliphatic heterocycles. The van der Waals surface area contributed by atoms with E-state index in [2.05, 4.69) is 10.2 Å². The third-order valence-corrected chi connectivity index (χ3v) is 6.68. The summed E-state index contributed by atoms with van der Waals surface area (Å²) >= 11 is 0. The van der Waals surface area contributed by atoms with Crippen LogP contribution in [0.2, 0.25) is 0 Å². The van der Waals surface area contributed by atoms with Gasteiger partial charge in [0.15, 0.2) is 0 Å². The number of amides is 2. The van der Waals surface area contributed by atoms with Gasteiger partial charge in [-0.05, 0) is 56.2 Å². The highest BCUT2D eigenvalue weighted by molar-refractivity contribution is 5.94. The van der Waals surface area contributed by atoms with Gasteiger partial charge in [0.1, 0.15) is 5.75 Å². The topological polar surface area (TPSA) is 82.1 Å². The van der Waals surface area contributed by atoms with Crippen molar-refractivity contribution in [2.24, 2.45) is 5.92 Å². The number of rotatable bonds is 7. The summed E-state index contributed by atoms with van der Waals surface area (Å²) < 4.78 is 5.36. The molecule has 0 unspecified atom stereocenters. The number of morpholine rings is 1. The Morgan fingerprint density at radius 1 is 1.13 bits per heavy atom. The SMILES string of the molecule is Cc1ccc(C(=O)NC[C@@H]2CC[C@H](CC(=O)N3CCOCC3)N2CC2CC2)cc1O. The predicted molar refractivity (Wildman–Crippen MR) is 113 cm³/mol. The molecule has 2 N–H and O–H groups in total. The van der Waals surface area contributed by atoms with Crippen LogP contribution in [0.1, 0.15) is 48.0 Å². The molecule has 30 heavy (non-hydrogen) atoms. The normalized spacial score (nSPS) is 24.8. The number of aromatic hydroxyl groups is 1. The predicted octanol–water partition coefficient (Wildman–Crippen LogP) is 1.92. The van der Waals surface area contributed by atoms with Gasteiger partial charge in [-0.3, -0.25) is 14.5 Å². The molecule has 0 radical (unpaired) electrons. The van der Waals surface area contributed by atoms with Crippen molar-refractivity contribution in [1.82, 2.24) is 15.1 Å². The van der Waals surface area contributed by atoms with Gasteiger partial charge in [-0.1, -0.05) is 6.07 Å². The molecule has 2 amide bonds. The second-order valence-electron chi connectivity index (χ2n) is 8.93. The second kappa shape index (κ2) is 9.35. The van der Waals surface area contributed by atoms with Crippen molar-refractivity contribution in [3.63, 3.8) is 0 Å². The van der Waals surface area contributed by atoms with Crippen LogP contribution >= 0.6 is 0 Å². The molecule has 0 spiro atoms. The van der Waals surface area contributed by atoms with Gasteiger partial charge in [0.2, 0.25) is 5.91 Å². The van der Waals surface area contributed by atoms with E-state index in [9.17, 15) is 14.7 Å². The number of carbonyl (C=O) groups excluding carboxylic acids is 2. The molecule has 7 heteroatoms. The lowest BCUT2D eigenvalue weighted by molar-refractivity contribution is -0.136. The number of carbonyl (C=O) groups is 2. The molecular formula is C23H33N3O4. The molecule has 0 aromatic heterocycles. The summed E-state index contributed by atoms with van der Waals surface area (Å²) in [5.41, 5.74) is 1.23. The standard InChI is InChI=1S/C23H33N3O4/c1-16-2-5-18(12-21(16)27)23(29)24-14-20-7-6-19(26(20)15-17-3-4-17)13-22(28)25-8-10-30-11-9-25/h2,5,12,17,19-20,27H,3-4,6-11,13-15H2,1H3,(H,24,29)/t19-,20+/m1/s1. The van der Waals surface area contributed by atoms with E-state index in [4.69, 9.17) is 4.74 Å². The quantitative estimate of drug-likeness (QED) is 0.711. The van der Waals surface area contributed by atoms with Crippen LogP contribution in [0.15, 0.2) is 18.2 Å². The van der Waals surface area contributed by atoms with Gasteiger partial charge in [0.25, 0.3) is 5.91 Å². The first-order valence-electron chi connectivity index (χ1n) is 11.2. The van der Waals surface area contributed by atoms with E-state index in [-0.39, 0.29) is 29.6 Å². The van der Waals surface area contributed by atoms with Crippen molar-refractivity contribution in [1.29, 1.82) is 0 Å². The molecule has 1 aromatic carbocycles. The number of benzene rings is 1. The zero-order chi connectivity index (χ0) is 21.1. The molecule has 2 heterocycles. The lowest BCUT2D eigenvalue weighted by Crippen LogP contribution is -2.47. The number of hydrogen-bond donors (Lipinski definition) is 2. The Labute approximate surface area is 178 Å². The smallest absolute Gasteiger partial charge is 0.251 e. The maximum Gasteiger partial charge on any atom is 0.251 e. The highest BCUT2D eigenvalue weighted by Gasteiger charge is 2.38. The minimum Gasteiger partial charge on any atom is -0.508 e. The van der Waals surface area contributed by atoms with Crippen molar-refractivity contribution in [3.8, 4) is 5.75 Å². The molecule has 4 rings (SSSR count). The molecule has 2 saturated heterocycles. The highest BCUT2D eigenvalue weighted by Crippen LogP contribution is 2.35. The largest absolute Gasteiger partial charge is 0.508 e. The van der Waals surface area contributed by atoms with Gasteiger partial charge < -0.3 is 20.1 Å². The average molecular weight is 416 g/mol. The Morgan fingerprint density at radius 2 is 1.87 bits per heavy atom. The van der Waals surface area contributed by atoms with Crippen LogP contribution in [0, 0.1) is 12.8 Å². The third-order valence-electron chi connectivity index (χ3n) is 6.68. The first kappa shape index (κ1) is 21.1. The van der Waals surface area contributed by atoms with Gasteiger partial charge in [0.05, 0.1) is 13.2 Å². The van der Waals surface area contributed by atoms with E-state index in [1.165, 1.54) is 18.9 Å². The van der Waals surface area contributed by atoms with Crippen molar-refractivity contribution < 1.29 is 19.4 Å². The molecule has 1 aromatic rings. The summed E-state index contributed by atoms with van der Waals surface area (Å²) in [5.74, 6) is 0.935. The van der Waals surface area contributed by atoms with Gasteiger partial charge in [-0.15, -0.1) is 0 Å². The van der Waals surface area contributed by atoms with Crippen LogP contribution in [-0.4, -0.2) is 78.2 Å². The van der Waals surface area contributed by atoms with E-state index in [0.717, 1.165) is 30.9 Å². The first-order chi connectivity index (χ1) is 14.5. The molecular weight excluding hydrogens is 382 g/mol. The van der Waals surface area contributed by atoms with Crippen molar-refractivity contribution in [3.05, 3.63) is 29.3 Å². The summed E-state index contributed by atoms with van der Waals surface area (Å²) in [6.45, 7) is 6.05. The molecule has 7 nitrogen and oxygen atoms in total. The van der Waals surface area contributed by atoms with Gasteiger partial charge in [-0.2, -0.15) is 0 Å². The van der Waals surface area contributed by atoms with Crippen LogP contribution in [0.3, 0.4) is 0 Å². The number of likely N-dealkylation sites (tertiary alicyclic amines) is 1. The van der Waals surface area contributed by atoms with Gasteiger partial charge in [-0.25, -0.2) is 0 Å². The van der Waals surface area contributed by atoms with E-state index in [0.29, 0.717) is 44.8 Å². The Kier molecular flexibility index (Phi) is 6.58. The molecule has 2 atom stereocenters. The summed E-state index contributed by atoms with van der Waals surface area (Å²) in [4.78, 5) is 29.7. The lowest BCUT2D eigenvalue weighted by Gasteiger charge is -2.33. The van der Waals surface area contributed by atoms with E-state index >= 15 is 0 Å². The van der Waals surface area contributed by atoms with Gasteiger partial charge >= 0.3 is 0 Å². The molecule has 3 aliphatic rings. The number of phenols is 1. The van der Waals surface area contributed by atoms with Crippen LogP contribution in [0.5, 0.6) is 5.75 Å². The number of nitrogens with one attached hydrogen (secondary N) is 1.